The molecule has 1 fully saturated rings. The quantitative estimate of drug-likeness (QED) is 0.610. The molecule has 31 heavy (non-hydrogen) atoms. The van der Waals surface area contributed by atoms with E-state index in [0.717, 1.165) is 31.9 Å². The molecule has 1 amide bonds. The second-order valence-corrected chi connectivity index (χ2v) is 7.14. The molecule has 0 saturated carbocycles. The van der Waals surface area contributed by atoms with E-state index in [2.05, 4.69) is 30.6 Å². The predicted octanol–water partition coefficient (Wildman–Crippen LogP) is 1.44. The van der Waals surface area contributed by atoms with Crippen molar-refractivity contribution in [1.29, 1.82) is 0 Å². The van der Waals surface area contributed by atoms with Crippen LogP contribution in [-0.2, 0) is 4.79 Å². The zero-order chi connectivity index (χ0) is 21.6. The second kappa shape index (κ2) is 9.43. The number of carbonyl (C=O) groups is 1. The lowest BCUT2D eigenvalue weighted by Gasteiger charge is -2.34. The number of carbonyl (C=O) groups excluding carboxylic acids is 1. The number of ether oxygens (including phenoxy) is 2. The fourth-order valence-electron chi connectivity index (χ4n) is 3.51. The molecule has 0 unspecified atom stereocenters. The first-order valence-corrected chi connectivity index (χ1v) is 10.0. The van der Waals surface area contributed by atoms with Crippen molar-refractivity contribution in [2.45, 2.75) is 0 Å². The molecule has 0 bridgehead atoms. The second-order valence-electron chi connectivity index (χ2n) is 7.14. The summed E-state index contributed by atoms with van der Waals surface area (Å²) in [6.07, 6.45) is 0. The Kier molecular flexibility index (Phi) is 6.27. The van der Waals surface area contributed by atoms with Gasteiger partial charge in [-0.1, -0.05) is 23.3 Å². The lowest BCUT2D eigenvalue weighted by molar-refractivity contribution is -0.117. The average molecular weight is 423 g/mol. The van der Waals surface area contributed by atoms with Crippen molar-refractivity contribution in [2.75, 3.05) is 57.2 Å². The molecule has 0 spiro atoms. The minimum Gasteiger partial charge on any atom is -0.497 e. The molecule has 10 nitrogen and oxygen atoms in total. The average Bonchev–Trinajstić information content (AvgIpc) is 3.29. The first-order chi connectivity index (χ1) is 15.2. The van der Waals surface area contributed by atoms with Crippen LogP contribution < -0.4 is 19.7 Å². The van der Waals surface area contributed by atoms with Crippen molar-refractivity contribution in [3.63, 3.8) is 0 Å². The van der Waals surface area contributed by atoms with Gasteiger partial charge in [-0.25, -0.2) is 0 Å². The molecule has 4 rings (SSSR count). The topological polar surface area (TPSA) is 97.6 Å². The number of nitrogens with one attached hydrogen (secondary N) is 1. The molecule has 10 heteroatoms. The third-order valence-electron chi connectivity index (χ3n) is 5.11. The SMILES string of the molecule is COc1cc(NC(=O)CN2CCN(c3nnnn3-c3ccccc3)CC2)cc(OC)c1. The summed E-state index contributed by atoms with van der Waals surface area (Å²) in [5, 5.41) is 15.1. The van der Waals surface area contributed by atoms with E-state index in [1.54, 1.807) is 37.1 Å². The van der Waals surface area contributed by atoms with Gasteiger partial charge in [0.25, 0.3) is 0 Å². The van der Waals surface area contributed by atoms with Crippen LogP contribution in [0, 0.1) is 0 Å². The highest BCUT2D eigenvalue weighted by atomic mass is 16.5. The summed E-state index contributed by atoms with van der Waals surface area (Å²) in [6.45, 7) is 3.23. The summed E-state index contributed by atoms with van der Waals surface area (Å²) >= 11 is 0. The smallest absolute Gasteiger partial charge is 0.250 e. The highest BCUT2D eigenvalue weighted by molar-refractivity contribution is 5.92. The molecule has 1 aliphatic rings. The van der Waals surface area contributed by atoms with E-state index in [0.29, 0.717) is 29.7 Å². The van der Waals surface area contributed by atoms with Crippen molar-refractivity contribution in [2.24, 2.45) is 0 Å². The molecule has 1 saturated heterocycles. The summed E-state index contributed by atoms with van der Waals surface area (Å²) in [7, 11) is 3.15. The lowest BCUT2D eigenvalue weighted by atomic mass is 10.2. The first-order valence-electron chi connectivity index (χ1n) is 10.0. The summed E-state index contributed by atoms with van der Waals surface area (Å²) in [4.78, 5) is 16.8. The Hall–Kier alpha value is -3.66. The number of rotatable bonds is 7. The number of nitrogens with zero attached hydrogens (tertiary/aromatic N) is 6. The Balaban J connectivity index is 1.33. The van der Waals surface area contributed by atoms with Crippen molar-refractivity contribution in [1.82, 2.24) is 25.1 Å². The van der Waals surface area contributed by atoms with E-state index in [-0.39, 0.29) is 5.91 Å². The molecule has 3 aromatic rings. The van der Waals surface area contributed by atoms with Crippen molar-refractivity contribution in [3.05, 3.63) is 48.5 Å². The maximum absolute atomic E-state index is 12.5. The van der Waals surface area contributed by atoms with Crippen LogP contribution in [0.3, 0.4) is 0 Å². The molecule has 0 aliphatic carbocycles. The zero-order valence-corrected chi connectivity index (χ0v) is 17.6. The third-order valence-corrected chi connectivity index (χ3v) is 5.11. The van der Waals surface area contributed by atoms with Crippen LogP contribution in [0.2, 0.25) is 0 Å². The Morgan fingerprint density at radius 3 is 2.32 bits per heavy atom. The van der Waals surface area contributed by atoms with Gasteiger partial charge in [0.05, 0.1) is 26.5 Å². The lowest BCUT2D eigenvalue weighted by Crippen LogP contribution is -2.49. The molecule has 1 aliphatic heterocycles. The Morgan fingerprint density at radius 2 is 1.68 bits per heavy atom. The van der Waals surface area contributed by atoms with E-state index in [9.17, 15) is 4.79 Å². The summed E-state index contributed by atoms with van der Waals surface area (Å²) < 4.78 is 12.2. The number of hydrogen-bond donors (Lipinski definition) is 1. The zero-order valence-electron chi connectivity index (χ0n) is 17.6. The van der Waals surface area contributed by atoms with Crippen LogP contribution in [0.1, 0.15) is 0 Å². The summed E-state index contributed by atoms with van der Waals surface area (Å²) in [5.74, 6) is 1.87. The largest absolute Gasteiger partial charge is 0.497 e. The molecule has 0 atom stereocenters. The van der Waals surface area contributed by atoms with Gasteiger partial charge < -0.3 is 19.7 Å². The van der Waals surface area contributed by atoms with E-state index in [1.807, 2.05) is 30.3 Å². The van der Waals surface area contributed by atoms with Crippen LogP contribution in [0.4, 0.5) is 11.6 Å². The molecule has 2 aromatic carbocycles. The van der Waals surface area contributed by atoms with Gasteiger partial charge in [-0.15, -0.1) is 0 Å². The van der Waals surface area contributed by atoms with E-state index in [1.165, 1.54) is 0 Å². The van der Waals surface area contributed by atoms with Gasteiger partial charge >= 0.3 is 0 Å². The molecular formula is C21H25N7O3. The number of para-hydroxylation sites is 1. The van der Waals surface area contributed by atoms with Crippen LogP contribution in [-0.4, -0.2) is 78.0 Å². The van der Waals surface area contributed by atoms with Gasteiger partial charge in [0.2, 0.25) is 11.9 Å². The van der Waals surface area contributed by atoms with Crippen LogP contribution in [0.15, 0.2) is 48.5 Å². The van der Waals surface area contributed by atoms with E-state index in [4.69, 9.17) is 9.47 Å². The maximum atomic E-state index is 12.5. The van der Waals surface area contributed by atoms with E-state index < -0.39 is 0 Å². The van der Waals surface area contributed by atoms with Crippen molar-refractivity contribution >= 4 is 17.5 Å². The Morgan fingerprint density at radius 1 is 1.00 bits per heavy atom. The van der Waals surface area contributed by atoms with E-state index >= 15 is 0 Å². The maximum Gasteiger partial charge on any atom is 0.250 e. The van der Waals surface area contributed by atoms with Gasteiger partial charge in [-0.2, -0.15) is 4.68 Å². The number of hydrogen-bond acceptors (Lipinski definition) is 8. The third kappa shape index (κ3) is 4.92. The monoisotopic (exact) mass is 423 g/mol. The number of piperazine rings is 1. The van der Waals surface area contributed by atoms with Gasteiger partial charge in [-0.3, -0.25) is 9.69 Å². The summed E-state index contributed by atoms with van der Waals surface area (Å²) in [6, 6.07) is 15.1. The molecule has 0 radical (unpaired) electrons. The fourth-order valence-corrected chi connectivity index (χ4v) is 3.51. The Labute approximate surface area is 180 Å². The van der Waals surface area contributed by atoms with Crippen molar-refractivity contribution < 1.29 is 14.3 Å². The number of methoxy groups -OCH3 is 2. The number of anilines is 2. The molecule has 162 valence electrons. The van der Waals surface area contributed by atoms with Crippen LogP contribution in [0.5, 0.6) is 11.5 Å². The Bertz CT molecular complexity index is 995. The highest BCUT2D eigenvalue weighted by Gasteiger charge is 2.23. The minimum absolute atomic E-state index is 0.0853. The van der Waals surface area contributed by atoms with Crippen LogP contribution >= 0.6 is 0 Å². The van der Waals surface area contributed by atoms with Gasteiger partial charge in [-0.05, 0) is 22.6 Å². The molecule has 1 aromatic heterocycles. The summed E-state index contributed by atoms with van der Waals surface area (Å²) in [5.41, 5.74) is 1.56. The van der Waals surface area contributed by atoms with Crippen molar-refractivity contribution in [3.8, 4) is 17.2 Å². The normalized spacial score (nSPS) is 14.3. The molecular weight excluding hydrogens is 398 g/mol. The minimum atomic E-state index is -0.0853. The number of amides is 1. The predicted molar refractivity (Wildman–Crippen MR) is 116 cm³/mol. The number of tetrazole rings is 1. The standard InChI is InChI=1S/C21H25N7O3/c1-30-18-12-16(13-19(14-18)31-2)22-20(29)15-26-8-10-27(11-9-26)21-23-24-25-28(21)17-6-4-3-5-7-17/h3-7,12-14H,8-11,15H2,1-2H3,(H,22,29). The molecule has 1 N–H and O–H groups in total. The molecule has 2 heterocycles. The van der Waals surface area contributed by atoms with Crippen LogP contribution in [0.25, 0.3) is 5.69 Å². The number of aromatic nitrogens is 4. The fraction of sp³-hybridized carbons (Fsp3) is 0.333. The van der Waals surface area contributed by atoms with Gasteiger partial charge in [0.15, 0.2) is 0 Å². The van der Waals surface area contributed by atoms with Gasteiger partial charge in [0, 0.05) is 50.1 Å². The highest BCUT2D eigenvalue weighted by Crippen LogP contribution is 2.25. The number of benzene rings is 2. The first kappa shape index (κ1) is 20.6. The van der Waals surface area contributed by atoms with Gasteiger partial charge in [0.1, 0.15) is 11.5 Å².